The molecule has 0 unspecified atom stereocenters. The van der Waals surface area contributed by atoms with Crippen molar-refractivity contribution in [3.63, 3.8) is 0 Å². The third-order valence-electron chi connectivity index (χ3n) is 6.30. The predicted octanol–water partition coefficient (Wildman–Crippen LogP) is 3.62. The minimum absolute atomic E-state index is 0.0224. The number of rotatable bonds is 7. The van der Waals surface area contributed by atoms with Crippen molar-refractivity contribution >= 4 is 29.2 Å². The van der Waals surface area contributed by atoms with Gasteiger partial charge in [0.15, 0.2) is 5.78 Å². The van der Waals surface area contributed by atoms with Gasteiger partial charge in [0.05, 0.1) is 6.42 Å². The Morgan fingerprint density at radius 2 is 1.67 bits per heavy atom. The number of benzene rings is 2. The van der Waals surface area contributed by atoms with Crippen LogP contribution < -0.4 is 16.0 Å². The summed E-state index contributed by atoms with van der Waals surface area (Å²) in [7, 11) is 0. The molecule has 3 N–H and O–H groups in total. The standard InChI is InChI=1S/C26H28ClN3O3/c27-20-10-6-17(7-11-20)14-15-28-24-22(31)16-23(32)30-25(24)26(33)29-21-12-8-19(9-13-21)18-4-2-1-3-5-18/h1-7,10-11,19,21,28H,8-9,12-16H2,(H,29,33)(H,30,32). The molecule has 1 aliphatic carbocycles. The molecule has 1 aliphatic heterocycles. The number of ketones is 1. The fraction of sp³-hybridized carbons (Fsp3) is 0.346. The Hall–Kier alpha value is -3.12. The molecule has 1 heterocycles. The molecule has 2 aliphatic rings. The summed E-state index contributed by atoms with van der Waals surface area (Å²) < 4.78 is 0. The number of carbonyl (C=O) groups is 3. The van der Waals surface area contributed by atoms with E-state index in [0.717, 1.165) is 31.2 Å². The van der Waals surface area contributed by atoms with Crippen LogP contribution in [0.15, 0.2) is 66.0 Å². The van der Waals surface area contributed by atoms with Crippen molar-refractivity contribution < 1.29 is 14.4 Å². The summed E-state index contributed by atoms with van der Waals surface area (Å²) in [6, 6.07) is 17.9. The molecule has 2 aromatic carbocycles. The maximum absolute atomic E-state index is 13.0. The second-order valence-electron chi connectivity index (χ2n) is 8.63. The van der Waals surface area contributed by atoms with Crippen molar-refractivity contribution in [1.82, 2.24) is 16.0 Å². The first-order chi connectivity index (χ1) is 16.0. The van der Waals surface area contributed by atoms with E-state index in [9.17, 15) is 14.4 Å². The van der Waals surface area contributed by atoms with Crippen LogP contribution in [0.25, 0.3) is 0 Å². The molecule has 0 aromatic heterocycles. The molecule has 2 aromatic rings. The number of halogens is 1. The van der Waals surface area contributed by atoms with E-state index in [2.05, 4.69) is 40.2 Å². The van der Waals surface area contributed by atoms with Crippen molar-refractivity contribution in [2.24, 2.45) is 0 Å². The number of Topliss-reactive ketones (excluding diaryl/α,β-unsaturated/α-hetero) is 1. The fourth-order valence-electron chi connectivity index (χ4n) is 4.51. The van der Waals surface area contributed by atoms with Gasteiger partial charge in [-0.2, -0.15) is 0 Å². The highest BCUT2D eigenvalue weighted by Crippen LogP contribution is 2.32. The highest BCUT2D eigenvalue weighted by Gasteiger charge is 2.31. The molecule has 0 bridgehead atoms. The summed E-state index contributed by atoms with van der Waals surface area (Å²) in [5.74, 6) is -0.734. The van der Waals surface area contributed by atoms with Gasteiger partial charge in [0.1, 0.15) is 11.4 Å². The molecule has 1 saturated carbocycles. The van der Waals surface area contributed by atoms with Crippen molar-refractivity contribution in [2.75, 3.05) is 6.54 Å². The Morgan fingerprint density at radius 1 is 0.970 bits per heavy atom. The Bertz CT molecular complexity index is 1040. The Balaban J connectivity index is 1.37. The summed E-state index contributed by atoms with van der Waals surface area (Å²) >= 11 is 5.92. The van der Waals surface area contributed by atoms with Crippen molar-refractivity contribution in [3.8, 4) is 0 Å². The van der Waals surface area contributed by atoms with E-state index in [1.807, 2.05) is 30.3 Å². The fourth-order valence-corrected chi connectivity index (χ4v) is 4.64. The summed E-state index contributed by atoms with van der Waals surface area (Å²) in [6.45, 7) is 0.456. The molecular formula is C26H28ClN3O3. The molecule has 0 spiro atoms. The van der Waals surface area contributed by atoms with Crippen LogP contribution in [0.3, 0.4) is 0 Å². The zero-order valence-corrected chi connectivity index (χ0v) is 19.2. The molecule has 7 heteroatoms. The number of allylic oxidation sites excluding steroid dienone is 1. The third kappa shape index (κ3) is 6.02. The molecular weight excluding hydrogens is 438 g/mol. The zero-order chi connectivity index (χ0) is 23.2. The zero-order valence-electron chi connectivity index (χ0n) is 18.4. The highest BCUT2D eigenvalue weighted by atomic mass is 35.5. The van der Waals surface area contributed by atoms with Crippen molar-refractivity contribution in [1.29, 1.82) is 0 Å². The van der Waals surface area contributed by atoms with Crippen LogP contribution in [0.5, 0.6) is 0 Å². The van der Waals surface area contributed by atoms with Crippen LogP contribution in [-0.4, -0.2) is 30.2 Å². The second kappa shape index (κ2) is 10.7. The van der Waals surface area contributed by atoms with Crippen LogP contribution >= 0.6 is 11.6 Å². The molecule has 0 radical (unpaired) electrons. The number of nitrogens with one attached hydrogen (secondary N) is 3. The minimum atomic E-state index is -0.457. The Kier molecular flexibility index (Phi) is 7.45. The summed E-state index contributed by atoms with van der Waals surface area (Å²) in [5, 5.41) is 9.37. The topological polar surface area (TPSA) is 87.3 Å². The lowest BCUT2D eigenvalue weighted by Gasteiger charge is -2.30. The molecule has 4 rings (SSSR count). The first-order valence-corrected chi connectivity index (χ1v) is 11.8. The molecule has 33 heavy (non-hydrogen) atoms. The van der Waals surface area contributed by atoms with Gasteiger partial charge in [-0.25, -0.2) is 0 Å². The maximum Gasteiger partial charge on any atom is 0.270 e. The van der Waals surface area contributed by atoms with E-state index in [1.165, 1.54) is 5.56 Å². The molecule has 0 atom stereocenters. The van der Waals surface area contributed by atoms with Gasteiger partial charge in [-0.3, -0.25) is 14.4 Å². The number of carbonyl (C=O) groups excluding carboxylic acids is 3. The van der Waals surface area contributed by atoms with Crippen molar-refractivity contribution in [3.05, 3.63) is 82.1 Å². The smallest absolute Gasteiger partial charge is 0.270 e. The first kappa shape index (κ1) is 23.1. The predicted molar refractivity (Wildman–Crippen MR) is 128 cm³/mol. The average Bonchev–Trinajstić information content (AvgIpc) is 2.82. The summed E-state index contributed by atoms with van der Waals surface area (Å²) in [4.78, 5) is 37.5. The third-order valence-corrected chi connectivity index (χ3v) is 6.56. The van der Waals surface area contributed by atoms with E-state index >= 15 is 0 Å². The number of amides is 2. The van der Waals surface area contributed by atoms with Crippen LogP contribution in [-0.2, 0) is 20.8 Å². The number of hydrogen-bond acceptors (Lipinski definition) is 4. The molecule has 172 valence electrons. The van der Waals surface area contributed by atoms with Crippen LogP contribution in [0.1, 0.15) is 49.1 Å². The first-order valence-electron chi connectivity index (χ1n) is 11.4. The highest BCUT2D eigenvalue weighted by molar-refractivity contribution is 6.30. The molecule has 0 saturated heterocycles. The van der Waals surface area contributed by atoms with Gasteiger partial charge >= 0.3 is 0 Å². The van der Waals surface area contributed by atoms with E-state index in [0.29, 0.717) is 23.9 Å². The Morgan fingerprint density at radius 3 is 2.36 bits per heavy atom. The number of hydrogen-bond donors (Lipinski definition) is 3. The largest absolute Gasteiger partial charge is 0.380 e. The SMILES string of the molecule is O=C1CC(=O)C(NCCc2ccc(Cl)cc2)=C(C(=O)NC2CCC(c3ccccc3)CC2)N1. The molecule has 1 fully saturated rings. The maximum atomic E-state index is 13.0. The minimum Gasteiger partial charge on any atom is -0.380 e. The van der Waals surface area contributed by atoms with E-state index in [4.69, 9.17) is 11.6 Å². The van der Waals surface area contributed by atoms with Gasteiger partial charge in [-0.1, -0.05) is 54.1 Å². The van der Waals surface area contributed by atoms with Gasteiger partial charge in [0.2, 0.25) is 5.91 Å². The lowest BCUT2D eigenvalue weighted by Crippen LogP contribution is -2.47. The van der Waals surface area contributed by atoms with Gasteiger partial charge < -0.3 is 16.0 Å². The van der Waals surface area contributed by atoms with Gasteiger partial charge in [-0.05, 0) is 61.3 Å². The lowest BCUT2D eigenvalue weighted by molar-refractivity contribution is -0.130. The molecule has 6 nitrogen and oxygen atoms in total. The van der Waals surface area contributed by atoms with Crippen LogP contribution in [0, 0.1) is 0 Å². The second-order valence-corrected chi connectivity index (χ2v) is 9.07. The Labute approximate surface area is 198 Å². The van der Waals surface area contributed by atoms with E-state index in [-0.39, 0.29) is 29.6 Å². The quantitative estimate of drug-likeness (QED) is 0.545. The average molecular weight is 466 g/mol. The molecule has 2 amide bonds. The van der Waals surface area contributed by atoms with Gasteiger partial charge in [0, 0.05) is 17.6 Å². The van der Waals surface area contributed by atoms with Gasteiger partial charge in [0.25, 0.3) is 5.91 Å². The monoisotopic (exact) mass is 465 g/mol. The normalized spacial score (nSPS) is 20.9. The van der Waals surface area contributed by atoms with Crippen molar-refractivity contribution in [2.45, 2.75) is 50.5 Å². The summed E-state index contributed by atoms with van der Waals surface area (Å²) in [5.41, 5.74) is 2.60. The lowest BCUT2D eigenvalue weighted by atomic mass is 9.82. The van der Waals surface area contributed by atoms with Crippen LogP contribution in [0.4, 0.5) is 0 Å². The van der Waals surface area contributed by atoms with Gasteiger partial charge in [-0.15, -0.1) is 0 Å². The van der Waals surface area contributed by atoms with E-state index < -0.39 is 11.8 Å². The summed E-state index contributed by atoms with van der Waals surface area (Å²) in [6.07, 6.45) is 4.10. The van der Waals surface area contributed by atoms with Crippen LogP contribution in [0.2, 0.25) is 5.02 Å². The van der Waals surface area contributed by atoms with E-state index in [1.54, 1.807) is 0 Å².